The molecule has 0 bridgehead atoms. The lowest BCUT2D eigenvalue weighted by atomic mass is 9.99. The SMILES string of the molecule is CCC(C)[C@H](NC(=O)c1csc(-c2ccco2)n1)C(=O)O. The Balaban J connectivity index is 2.11. The standard InChI is InChI=1S/C14H16N2O4S/c1-3-8(2)11(14(18)19)16-12(17)9-7-21-13(15-9)10-5-4-6-20-10/h4-8,11H,3H2,1-2H3,(H,16,17)(H,18,19)/t8?,11-/m0/s1. The first-order valence-corrected chi connectivity index (χ1v) is 7.44. The van der Waals surface area contributed by atoms with Crippen molar-refractivity contribution in [1.29, 1.82) is 0 Å². The molecule has 0 saturated heterocycles. The highest BCUT2D eigenvalue weighted by Crippen LogP contribution is 2.24. The molecule has 1 unspecified atom stereocenters. The maximum absolute atomic E-state index is 12.1. The molecule has 0 fully saturated rings. The van der Waals surface area contributed by atoms with Gasteiger partial charge in [0, 0.05) is 5.38 Å². The van der Waals surface area contributed by atoms with Crippen molar-refractivity contribution in [2.24, 2.45) is 5.92 Å². The Hall–Kier alpha value is -2.15. The van der Waals surface area contributed by atoms with Gasteiger partial charge in [0.2, 0.25) is 0 Å². The predicted molar refractivity (Wildman–Crippen MR) is 78.2 cm³/mol. The molecule has 1 amide bonds. The van der Waals surface area contributed by atoms with Crippen LogP contribution in [0.15, 0.2) is 28.2 Å². The first-order valence-electron chi connectivity index (χ1n) is 6.56. The molecular formula is C14H16N2O4S. The van der Waals surface area contributed by atoms with Gasteiger partial charge in [0.25, 0.3) is 5.91 Å². The molecule has 2 heterocycles. The number of nitrogens with zero attached hydrogens (tertiary/aromatic N) is 1. The molecule has 21 heavy (non-hydrogen) atoms. The third-order valence-electron chi connectivity index (χ3n) is 3.23. The number of carboxylic acid groups (broad SMARTS) is 1. The summed E-state index contributed by atoms with van der Waals surface area (Å²) in [6, 6.07) is 2.57. The predicted octanol–water partition coefficient (Wildman–Crippen LogP) is 2.63. The van der Waals surface area contributed by atoms with E-state index in [9.17, 15) is 14.7 Å². The quantitative estimate of drug-likeness (QED) is 0.855. The van der Waals surface area contributed by atoms with Gasteiger partial charge in [0.05, 0.1) is 6.26 Å². The number of rotatable bonds is 6. The van der Waals surface area contributed by atoms with Crippen LogP contribution >= 0.6 is 11.3 Å². The molecule has 0 aliphatic carbocycles. The van der Waals surface area contributed by atoms with Gasteiger partial charge in [0.15, 0.2) is 10.8 Å². The summed E-state index contributed by atoms with van der Waals surface area (Å²) in [5.74, 6) is -1.11. The summed E-state index contributed by atoms with van der Waals surface area (Å²) in [7, 11) is 0. The molecule has 0 radical (unpaired) electrons. The Morgan fingerprint density at radius 2 is 2.29 bits per heavy atom. The van der Waals surface area contributed by atoms with E-state index in [1.807, 2.05) is 6.92 Å². The lowest BCUT2D eigenvalue weighted by molar-refractivity contribution is -0.140. The Morgan fingerprint density at radius 3 is 2.86 bits per heavy atom. The maximum Gasteiger partial charge on any atom is 0.326 e. The number of amides is 1. The van der Waals surface area contributed by atoms with Crippen molar-refractivity contribution in [3.05, 3.63) is 29.5 Å². The van der Waals surface area contributed by atoms with Crippen molar-refractivity contribution in [3.63, 3.8) is 0 Å². The first kappa shape index (κ1) is 15.2. The van der Waals surface area contributed by atoms with Gasteiger partial charge in [-0.1, -0.05) is 20.3 Å². The summed E-state index contributed by atoms with van der Waals surface area (Å²) < 4.78 is 5.21. The van der Waals surface area contributed by atoms with E-state index in [2.05, 4.69) is 10.3 Å². The lowest BCUT2D eigenvalue weighted by Crippen LogP contribution is -2.45. The topological polar surface area (TPSA) is 92.4 Å². The average Bonchev–Trinajstić information content (AvgIpc) is 3.12. The molecule has 0 aliphatic rings. The van der Waals surface area contributed by atoms with E-state index in [0.717, 1.165) is 0 Å². The zero-order valence-electron chi connectivity index (χ0n) is 11.7. The van der Waals surface area contributed by atoms with Crippen LogP contribution in [0.5, 0.6) is 0 Å². The van der Waals surface area contributed by atoms with Crippen LogP contribution in [-0.4, -0.2) is 28.0 Å². The Bertz CT molecular complexity index is 621. The number of aliphatic carboxylic acids is 1. The van der Waals surface area contributed by atoms with Crippen molar-refractivity contribution in [1.82, 2.24) is 10.3 Å². The molecule has 2 aromatic heterocycles. The van der Waals surface area contributed by atoms with Gasteiger partial charge < -0.3 is 14.8 Å². The van der Waals surface area contributed by atoms with Gasteiger partial charge in [-0.3, -0.25) is 4.79 Å². The summed E-state index contributed by atoms with van der Waals surface area (Å²) >= 11 is 1.27. The average molecular weight is 308 g/mol. The number of thiazole rings is 1. The minimum absolute atomic E-state index is 0.158. The normalized spacial score (nSPS) is 13.6. The van der Waals surface area contributed by atoms with E-state index >= 15 is 0 Å². The van der Waals surface area contributed by atoms with E-state index in [1.165, 1.54) is 17.6 Å². The number of aromatic nitrogens is 1. The molecule has 7 heteroatoms. The summed E-state index contributed by atoms with van der Waals surface area (Å²) in [5.41, 5.74) is 0.195. The van der Waals surface area contributed by atoms with Crippen molar-refractivity contribution >= 4 is 23.2 Å². The highest BCUT2D eigenvalue weighted by molar-refractivity contribution is 7.13. The fourth-order valence-corrected chi connectivity index (χ4v) is 2.56. The summed E-state index contributed by atoms with van der Waals surface area (Å²) in [5, 5.41) is 13.9. The van der Waals surface area contributed by atoms with E-state index in [0.29, 0.717) is 17.2 Å². The second-order valence-electron chi connectivity index (χ2n) is 4.69. The molecule has 0 aliphatic heterocycles. The number of nitrogens with one attached hydrogen (secondary N) is 1. The number of hydrogen-bond acceptors (Lipinski definition) is 5. The van der Waals surface area contributed by atoms with Crippen molar-refractivity contribution < 1.29 is 19.1 Å². The molecule has 2 aromatic rings. The summed E-state index contributed by atoms with van der Waals surface area (Å²) in [6.07, 6.45) is 2.19. The molecule has 112 valence electrons. The van der Waals surface area contributed by atoms with Crippen LogP contribution in [0, 0.1) is 5.92 Å². The fraction of sp³-hybridized carbons (Fsp3) is 0.357. The molecule has 0 spiro atoms. The molecule has 2 rings (SSSR count). The minimum Gasteiger partial charge on any atom is -0.480 e. The van der Waals surface area contributed by atoms with Crippen LogP contribution in [-0.2, 0) is 4.79 Å². The Morgan fingerprint density at radius 1 is 1.52 bits per heavy atom. The molecule has 2 atom stereocenters. The number of hydrogen-bond donors (Lipinski definition) is 2. The molecule has 6 nitrogen and oxygen atoms in total. The highest BCUT2D eigenvalue weighted by Gasteiger charge is 2.26. The fourth-order valence-electron chi connectivity index (χ4n) is 1.79. The highest BCUT2D eigenvalue weighted by atomic mass is 32.1. The molecular weight excluding hydrogens is 292 g/mol. The van der Waals surface area contributed by atoms with Crippen LogP contribution in [0.2, 0.25) is 0 Å². The van der Waals surface area contributed by atoms with Gasteiger partial charge in [-0.25, -0.2) is 9.78 Å². The van der Waals surface area contributed by atoms with Crippen molar-refractivity contribution in [3.8, 4) is 10.8 Å². The lowest BCUT2D eigenvalue weighted by Gasteiger charge is -2.19. The van der Waals surface area contributed by atoms with Crippen LogP contribution in [0.4, 0.5) is 0 Å². The third-order valence-corrected chi connectivity index (χ3v) is 4.09. The molecule has 0 aromatic carbocycles. The van der Waals surface area contributed by atoms with Gasteiger partial charge in [0.1, 0.15) is 11.7 Å². The van der Waals surface area contributed by atoms with E-state index in [-0.39, 0.29) is 11.6 Å². The van der Waals surface area contributed by atoms with Gasteiger partial charge >= 0.3 is 5.97 Å². The first-order chi connectivity index (χ1) is 10.0. The second-order valence-corrected chi connectivity index (χ2v) is 5.55. The van der Waals surface area contributed by atoms with E-state index < -0.39 is 17.9 Å². The molecule has 0 saturated carbocycles. The van der Waals surface area contributed by atoms with Crippen LogP contribution in [0.3, 0.4) is 0 Å². The zero-order valence-corrected chi connectivity index (χ0v) is 12.5. The monoisotopic (exact) mass is 308 g/mol. The van der Waals surface area contributed by atoms with Crippen LogP contribution < -0.4 is 5.32 Å². The molecule has 2 N–H and O–H groups in total. The second kappa shape index (κ2) is 6.53. The Kier molecular flexibility index (Phi) is 4.74. The van der Waals surface area contributed by atoms with E-state index in [4.69, 9.17) is 4.42 Å². The number of carbonyl (C=O) groups excluding carboxylic acids is 1. The van der Waals surface area contributed by atoms with E-state index in [1.54, 1.807) is 24.4 Å². The maximum atomic E-state index is 12.1. The van der Waals surface area contributed by atoms with Crippen LogP contribution in [0.1, 0.15) is 30.8 Å². The third kappa shape index (κ3) is 3.49. The summed E-state index contributed by atoms with van der Waals surface area (Å²) in [6.45, 7) is 3.67. The van der Waals surface area contributed by atoms with Gasteiger partial charge in [-0.15, -0.1) is 11.3 Å². The van der Waals surface area contributed by atoms with Gasteiger partial charge in [-0.2, -0.15) is 0 Å². The van der Waals surface area contributed by atoms with Crippen LogP contribution in [0.25, 0.3) is 10.8 Å². The largest absolute Gasteiger partial charge is 0.480 e. The van der Waals surface area contributed by atoms with Crippen molar-refractivity contribution in [2.45, 2.75) is 26.3 Å². The number of carbonyl (C=O) groups is 2. The zero-order chi connectivity index (χ0) is 15.4. The smallest absolute Gasteiger partial charge is 0.326 e. The van der Waals surface area contributed by atoms with Crippen molar-refractivity contribution in [2.75, 3.05) is 0 Å². The Labute approximate surface area is 125 Å². The number of carboxylic acids is 1. The number of furan rings is 1. The minimum atomic E-state index is -1.04. The van der Waals surface area contributed by atoms with Gasteiger partial charge in [-0.05, 0) is 18.1 Å². The summed E-state index contributed by atoms with van der Waals surface area (Å²) in [4.78, 5) is 27.5.